The fraction of sp³-hybridized carbons (Fsp3) is 0.0714. The van der Waals surface area contributed by atoms with Gasteiger partial charge in [-0.15, -0.1) is 0 Å². The second kappa shape index (κ2) is 4.78. The van der Waals surface area contributed by atoms with Crippen LogP contribution in [0.25, 0.3) is 22.7 Å². The minimum Gasteiger partial charge on any atom is -0.361 e. The molecule has 1 N–H and O–H groups in total. The summed E-state index contributed by atoms with van der Waals surface area (Å²) in [5.41, 5.74) is 0.171. The summed E-state index contributed by atoms with van der Waals surface area (Å²) in [6, 6.07) is 6.11. The Morgan fingerprint density at radius 2 is 2.00 bits per heavy atom. The summed E-state index contributed by atoms with van der Waals surface area (Å²) in [7, 11) is 0. The molecule has 1 heterocycles. The van der Waals surface area contributed by atoms with Crippen molar-refractivity contribution in [2.24, 2.45) is 0 Å². The minimum atomic E-state index is -0.446. The van der Waals surface area contributed by atoms with Gasteiger partial charge < -0.3 is 4.98 Å². The maximum absolute atomic E-state index is 13.7. The third-order valence-corrected chi connectivity index (χ3v) is 2.86. The number of rotatable bonds is 1. The van der Waals surface area contributed by atoms with Gasteiger partial charge in [-0.1, -0.05) is 36.4 Å². The smallest absolute Gasteiger partial charge is 0.198 e. The molecule has 0 amide bonds. The summed E-state index contributed by atoms with van der Waals surface area (Å²) < 4.78 is 13.7. The molecule has 2 nitrogen and oxygen atoms in total. The van der Waals surface area contributed by atoms with E-state index in [1.165, 1.54) is 12.3 Å². The average Bonchev–Trinajstić information content (AvgIpc) is 2.30. The molecule has 0 unspecified atom stereocenters. The van der Waals surface area contributed by atoms with Crippen molar-refractivity contribution >= 4 is 23.2 Å². The molecule has 2 aromatic rings. The average molecular weight is 264 g/mol. The molecule has 0 bridgehead atoms. The Labute approximate surface area is 108 Å². The van der Waals surface area contributed by atoms with E-state index in [2.05, 4.69) is 11.6 Å². The van der Waals surface area contributed by atoms with Gasteiger partial charge >= 0.3 is 0 Å². The molecule has 2 rings (SSSR count). The number of aromatic nitrogens is 1. The Balaban J connectivity index is 2.90. The summed E-state index contributed by atoms with van der Waals surface area (Å²) >= 11 is 5.88. The van der Waals surface area contributed by atoms with Crippen molar-refractivity contribution in [2.75, 3.05) is 0 Å². The van der Waals surface area contributed by atoms with E-state index in [0.717, 1.165) is 0 Å². The molecule has 0 atom stereocenters. The van der Waals surface area contributed by atoms with Gasteiger partial charge in [0.1, 0.15) is 5.82 Å². The maximum Gasteiger partial charge on any atom is 0.198 e. The molecular weight excluding hydrogens is 253 g/mol. The van der Waals surface area contributed by atoms with Crippen LogP contribution in [0.4, 0.5) is 4.39 Å². The van der Waals surface area contributed by atoms with E-state index >= 15 is 0 Å². The lowest BCUT2D eigenvalue weighted by Crippen LogP contribution is -2.41. The van der Waals surface area contributed by atoms with Crippen molar-refractivity contribution in [3.8, 4) is 11.1 Å². The van der Waals surface area contributed by atoms with Gasteiger partial charge in [-0.3, -0.25) is 4.79 Å². The standard InChI is InChI=1S/C14H11ClFNO/c1-8(15)13-9(2)17-7-11(14(13)18)10-5-3-4-6-12(10)16/h3-7,17H,2H2,1H3/b13-8-. The van der Waals surface area contributed by atoms with Crippen LogP contribution in [0.3, 0.4) is 0 Å². The summed E-state index contributed by atoms with van der Waals surface area (Å²) in [5.74, 6) is -0.446. The molecule has 0 saturated carbocycles. The zero-order chi connectivity index (χ0) is 13.3. The van der Waals surface area contributed by atoms with Gasteiger partial charge in [-0.25, -0.2) is 4.39 Å². The number of halogens is 2. The Morgan fingerprint density at radius 3 is 2.61 bits per heavy atom. The summed E-state index contributed by atoms with van der Waals surface area (Å²) in [6.07, 6.45) is 1.45. The molecule has 0 radical (unpaired) electrons. The number of pyridine rings is 1. The first-order valence-corrected chi connectivity index (χ1v) is 5.72. The van der Waals surface area contributed by atoms with E-state index in [0.29, 0.717) is 10.4 Å². The quantitative estimate of drug-likeness (QED) is 0.838. The first kappa shape index (κ1) is 12.6. The molecule has 0 saturated heterocycles. The highest BCUT2D eigenvalue weighted by atomic mass is 35.5. The van der Waals surface area contributed by atoms with Gasteiger partial charge in [-0.2, -0.15) is 0 Å². The third-order valence-electron chi connectivity index (χ3n) is 2.67. The SMILES string of the molecule is C=c1[nH]cc(-c2ccccc2F)c(=O)/c1=C(/C)Cl. The van der Waals surface area contributed by atoms with Crippen LogP contribution in [0.5, 0.6) is 0 Å². The monoisotopic (exact) mass is 263 g/mol. The largest absolute Gasteiger partial charge is 0.361 e. The van der Waals surface area contributed by atoms with E-state index < -0.39 is 5.82 Å². The second-order valence-corrected chi connectivity index (χ2v) is 4.47. The van der Waals surface area contributed by atoms with E-state index in [1.54, 1.807) is 25.1 Å². The minimum absolute atomic E-state index is 0.246. The van der Waals surface area contributed by atoms with Crippen LogP contribution in [0.2, 0.25) is 0 Å². The molecule has 0 spiro atoms. The van der Waals surface area contributed by atoms with Crippen LogP contribution < -0.4 is 16.0 Å². The first-order chi connectivity index (χ1) is 8.52. The van der Waals surface area contributed by atoms with Crippen molar-refractivity contribution in [1.82, 2.24) is 4.98 Å². The third kappa shape index (κ3) is 2.09. The predicted molar refractivity (Wildman–Crippen MR) is 72.2 cm³/mol. The fourth-order valence-corrected chi connectivity index (χ4v) is 2.01. The van der Waals surface area contributed by atoms with Crippen molar-refractivity contribution in [3.63, 3.8) is 0 Å². The van der Waals surface area contributed by atoms with Crippen molar-refractivity contribution in [1.29, 1.82) is 0 Å². The zero-order valence-corrected chi connectivity index (χ0v) is 10.5. The fourth-order valence-electron chi connectivity index (χ4n) is 1.81. The van der Waals surface area contributed by atoms with Crippen LogP contribution in [-0.2, 0) is 0 Å². The van der Waals surface area contributed by atoms with E-state index in [1.807, 2.05) is 0 Å². The lowest BCUT2D eigenvalue weighted by Gasteiger charge is -2.03. The molecule has 1 aromatic heterocycles. The maximum atomic E-state index is 13.7. The van der Waals surface area contributed by atoms with Crippen molar-refractivity contribution in [2.45, 2.75) is 6.92 Å². The van der Waals surface area contributed by atoms with Crippen LogP contribution in [0, 0.1) is 5.82 Å². The normalized spacial score (nSPS) is 12.4. The van der Waals surface area contributed by atoms with Crippen molar-refractivity contribution in [3.05, 3.63) is 57.1 Å². The van der Waals surface area contributed by atoms with Gasteiger partial charge in [0.2, 0.25) is 0 Å². The molecule has 0 aliphatic carbocycles. The molecule has 0 fully saturated rings. The van der Waals surface area contributed by atoms with Crippen LogP contribution in [0.15, 0.2) is 35.3 Å². The number of aromatic amines is 1. The lowest BCUT2D eigenvalue weighted by atomic mass is 10.1. The van der Waals surface area contributed by atoms with Gasteiger partial charge in [-0.05, 0) is 13.0 Å². The summed E-state index contributed by atoms with van der Waals surface area (Å²) in [5, 5.41) is 1.05. The Hall–Kier alpha value is -1.87. The number of hydrogen-bond donors (Lipinski definition) is 1. The molecule has 4 heteroatoms. The Bertz CT molecular complexity index is 760. The Kier molecular flexibility index (Phi) is 3.34. The second-order valence-electron chi connectivity index (χ2n) is 3.90. The number of hydrogen-bond acceptors (Lipinski definition) is 1. The highest BCUT2D eigenvalue weighted by Gasteiger charge is 2.09. The highest BCUT2D eigenvalue weighted by molar-refractivity contribution is 6.44. The molecule has 1 aromatic carbocycles. The number of H-pyrrole nitrogens is 1. The molecule has 0 aliphatic heterocycles. The molecule has 18 heavy (non-hydrogen) atoms. The van der Waals surface area contributed by atoms with Gasteiger partial charge in [0, 0.05) is 27.7 Å². The number of nitrogens with one attached hydrogen (secondary N) is 1. The predicted octanol–water partition coefficient (Wildman–Crippen LogP) is 1.96. The number of benzene rings is 1. The van der Waals surface area contributed by atoms with Gasteiger partial charge in [0.25, 0.3) is 0 Å². The lowest BCUT2D eigenvalue weighted by molar-refractivity contribution is 0.631. The van der Waals surface area contributed by atoms with E-state index in [9.17, 15) is 9.18 Å². The summed E-state index contributed by atoms with van der Waals surface area (Å²) in [4.78, 5) is 15.1. The summed E-state index contributed by atoms with van der Waals surface area (Å²) in [6.45, 7) is 5.31. The molecule has 92 valence electrons. The first-order valence-electron chi connectivity index (χ1n) is 5.34. The van der Waals surface area contributed by atoms with Gasteiger partial charge in [0.05, 0.1) is 5.22 Å². The molecule has 0 aliphatic rings. The topological polar surface area (TPSA) is 32.9 Å². The van der Waals surface area contributed by atoms with Crippen LogP contribution >= 0.6 is 11.6 Å². The van der Waals surface area contributed by atoms with Crippen molar-refractivity contribution < 1.29 is 4.39 Å². The highest BCUT2D eigenvalue weighted by Crippen LogP contribution is 2.17. The molecular formula is C14H11ClFNO. The Morgan fingerprint density at radius 1 is 1.33 bits per heavy atom. The van der Waals surface area contributed by atoms with Crippen LogP contribution in [0.1, 0.15) is 6.92 Å². The van der Waals surface area contributed by atoms with Crippen LogP contribution in [-0.4, -0.2) is 4.98 Å². The zero-order valence-electron chi connectivity index (χ0n) is 9.76. The van der Waals surface area contributed by atoms with E-state index in [-0.39, 0.29) is 21.8 Å². The van der Waals surface area contributed by atoms with E-state index in [4.69, 9.17) is 11.6 Å². The van der Waals surface area contributed by atoms with Gasteiger partial charge in [0.15, 0.2) is 5.43 Å².